The topological polar surface area (TPSA) is 89.3 Å². The minimum atomic E-state index is -0.123. The van der Waals surface area contributed by atoms with E-state index in [1.165, 1.54) is 6.33 Å². The van der Waals surface area contributed by atoms with Crippen LogP contribution in [0.4, 0.5) is 0 Å². The first-order valence-electron chi connectivity index (χ1n) is 5.59. The van der Waals surface area contributed by atoms with Crippen molar-refractivity contribution in [3.8, 4) is 0 Å². The van der Waals surface area contributed by atoms with Gasteiger partial charge in [-0.3, -0.25) is 4.79 Å². The van der Waals surface area contributed by atoms with Crippen LogP contribution in [0.1, 0.15) is 5.89 Å². The molecule has 2 heterocycles. The molecule has 1 aliphatic rings. The van der Waals surface area contributed by atoms with Gasteiger partial charge >= 0.3 is 0 Å². The number of nitrogens with zero attached hydrogens (tertiary/aromatic N) is 2. The third-order valence-corrected chi connectivity index (χ3v) is 2.83. The lowest BCUT2D eigenvalue weighted by atomic mass is 10.0. The van der Waals surface area contributed by atoms with Crippen molar-refractivity contribution in [2.45, 2.75) is 12.5 Å². The second kappa shape index (κ2) is 5.74. The molecule has 0 bridgehead atoms. The van der Waals surface area contributed by atoms with Gasteiger partial charge in [0.05, 0.1) is 19.1 Å². The summed E-state index contributed by atoms with van der Waals surface area (Å²) in [6.07, 6.45) is 1.89. The van der Waals surface area contributed by atoms with Crippen molar-refractivity contribution >= 4 is 5.91 Å². The van der Waals surface area contributed by atoms with Crippen LogP contribution in [0.5, 0.6) is 0 Å². The summed E-state index contributed by atoms with van der Waals surface area (Å²) in [5.41, 5.74) is 0. The number of amides is 1. The molecule has 2 N–H and O–H groups in total. The van der Waals surface area contributed by atoms with Gasteiger partial charge in [-0.25, -0.2) is 0 Å². The number of ether oxygens (including phenoxy) is 1. The molecule has 1 aliphatic heterocycles. The number of aromatic nitrogens is 2. The smallest absolute Gasteiger partial charge is 0.228 e. The number of carbonyl (C=O) groups is 1. The molecule has 1 aromatic heterocycles. The standard InChI is InChI=1S/C10H16N4O3/c1-11-8-5-16-4-7(8)10(15)12-3-2-9-13-6-14-17-9/h6-8,11H,2-5H2,1H3,(H,12,15). The number of rotatable bonds is 5. The Morgan fingerprint density at radius 1 is 1.59 bits per heavy atom. The van der Waals surface area contributed by atoms with Gasteiger partial charge in [-0.1, -0.05) is 5.16 Å². The van der Waals surface area contributed by atoms with Crippen LogP contribution in [-0.4, -0.2) is 48.9 Å². The molecule has 2 atom stereocenters. The van der Waals surface area contributed by atoms with Gasteiger partial charge in [-0.15, -0.1) is 0 Å². The van der Waals surface area contributed by atoms with E-state index in [1.807, 2.05) is 7.05 Å². The molecule has 1 aromatic rings. The molecule has 7 heteroatoms. The number of hydrogen-bond acceptors (Lipinski definition) is 6. The minimum absolute atomic E-state index is 0.00126. The highest BCUT2D eigenvalue weighted by molar-refractivity contribution is 5.79. The Morgan fingerprint density at radius 2 is 2.47 bits per heavy atom. The predicted octanol–water partition coefficient (Wildman–Crippen LogP) is -1.04. The number of carbonyl (C=O) groups excluding carboxylic acids is 1. The Kier molecular flexibility index (Phi) is 4.05. The monoisotopic (exact) mass is 240 g/mol. The third kappa shape index (κ3) is 3.01. The molecule has 0 saturated carbocycles. The molecule has 94 valence electrons. The van der Waals surface area contributed by atoms with Crippen molar-refractivity contribution in [2.75, 3.05) is 26.8 Å². The van der Waals surface area contributed by atoms with Gasteiger partial charge in [0, 0.05) is 19.0 Å². The average Bonchev–Trinajstić information content (AvgIpc) is 2.99. The Hall–Kier alpha value is -1.47. The van der Waals surface area contributed by atoms with Crippen LogP contribution in [-0.2, 0) is 16.0 Å². The lowest BCUT2D eigenvalue weighted by molar-refractivity contribution is -0.125. The normalized spacial score (nSPS) is 23.8. The first-order chi connectivity index (χ1) is 8.31. The largest absolute Gasteiger partial charge is 0.379 e. The van der Waals surface area contributed by atoms with E-state index in [4.69, 9.17) is 9.26 Å². The summed E-state index contributed by atoms with van der Waals surface area (Å²) in [6.45, 7) is 1.55. The van der Waals surface area contributed by atoms with Gasteiger partial charge in [0.2, 0.25) is 11.8 Å². The summed E-state index contributed by atoms with van der Waals surface area (Å²) in [7, 11) is 1.83. The van der Waals surface area contributed by atoms with Gasteiger partial charge in [0.1, 0.15) is 0 Å². The maximum absolute atomic E-state index is 11.8. The van der Waals surface area contributed by atoms with Crippen molar-refractivity contribution in [2.24, 2.45) is 5.92 Å². The van der Waals surface area contributed by atoms with Crippen LogP contribution in [0.2, 0.25) is 0 Å². The highest BCUT2D eigenvalue weighted by atomic mass is 16.5. The van der Waals surface area contributed by atoms with Gasteiger partial charge < -0.3 is 19.9 Å². The highest BCUT2D eigenvalue weighted by Gasteiger charge is 2.32. The van der Waals surface area contributed by atoms with Gasteiger partial charge in [0.25, 0.3) is 0 Å². The van der Waals surface area contributed by atoms with Crippen LogP contribution in [0.25, 0.3) is 0 Å². The molecule has 0 aromatic carbocycles. The highest BCUT2D eigenvalue weighted by Crippen LogP contribution is 2.13. The van der Waals surface area contributed by atoms with E-state index >= 15 is 0 Å². The quantitative estimate of drug-likeness (QED) is 0.683. The molecular weight excluding hydrogens is 224 g/mol. The molecule has 2 unspecified atom stereocenters. The molecule has 1 fully saturated rings. The van der Waals surface area contributed by atoms with Crippen molar-refractivity contribution in [3.63, 3.8) is 0 Å². The summed E-state index contributed by atoms with van der Waals surface area (Å²) < 4.78 is 10.1. The van der Waals surface area contributed by atoms with Crippen LogP contribution in [0, 0.1) is 5.92 Å². The van der Waals surface area contributed by atoms with Crippen LogP contribution in [0.3, 0.4) is 0 Å². The second-order valence-corrected chi connectivity index (χ2v) is 3.92. The van der Waals surface area contributed by atoms with Crippen molar-refractivity contribution in [3.05, 3.63) is 12.2 Å². The molecular formula is C10H16N4O3. The molecule has 17 heavy (non-hydrogen) atoms. The molecule has 1 saturated heterocycles. The maximum Gasteiger partial charge on any atom is 0.228 e. The third-order valence-electron chi connectivity index (χ3n) is 2.83. The molecule has 1 amide bonds. The van der Waals surface area contributed by atoms with E-state index in [0.717, 1.165) is 0 Å². The fourth-order valence-corrected chi connectivity index (χ4v) is 1.83. The number of likely N-dealkylation sites (N-methyl/N-ethyl adjacent to an activating group) is 1. The van der Waals surface area contributed by atoms with Crippen LogP contribution in [0.15, 0.2) is 10.9 Å². The Morgan fingerprint density at radius 3 is 3.18 bits per heavy atom. The molecule has 2 rings (SSSR count). The predicted molar refractivity (Wildman–Crippen MR) is 58.2 cm³/mol. The second-order valence-electron chi connectivity index (χ2n) is 3.92. The van der Waals surface area contributed by atoms with Gasteiger partial charge in [-0.05, 0) is 7.05 Å². The summed E-state index contributed by atoms with van der Waals surface area (Å²) in [6, 6.07) is 0.0957. The van der Waals surface area contributed by atoms with Gasteiger partial charge in [-0.2, -0.15) is 4.98 Å². The number of hydrogen-bond donors (Lipinski definition) is 2. The zero-order chi connectivity index (χ0) is 12.1. The van der Waals surface area contributed by atoms with Crippen molar-refractivity contribution < 1.29 is 14.1 Å². The van der Waals surface area contributed by atoms with Gasteiger partial charge in [0.15, 0.2) is 6.33 Å². The maximum atomic E-state index is 11.8. The molecule has 0 aliphatic carbocycles. The summed E-state index contributed by atoms with van der Waals surface area (Å²) in [5, 5.41) is 9.41. The molecule has 0 spiro atoms. The zero-order valence-corrected chi connectivity index (χ0v) is 9.68. The fourth-order valence-electron chi connectivity index (χ4n) is 1.83. The average molecular weight is 240 g/mol. The summed E-state index contributed by atoms with van der Waals surface area (Å²) in [5.74, 6) is 0.405. The lowest BCUT2D eigenvalue weighted by Crippen LogP contribution is -2.43. The van der Waals surface area contributed by atoms with Crippen LogP contribution >= 0.6 is 0 Å². The van der Waals surface area contributed by atoms with E-state index in [1.54, 1.807) is 0 Å². The first kappa shape index (κ1) is 12.0. The summed E-state index contributed by atoms with van der Waals surface area (Å²) >= 11 is 0. The van der Waals surface area contributed by atoms with Crippen molar-refractivity contribution in [1.82, 2.24) is 20.8 Å². The Bertz CT molecular complexity index is 354. The fraction of sp³-hybridized carbons (Fsp3) is 0.700. The van der Waals surface area contributed by atoms with E-state index < -0.39 is 0 Å². The van der Waals surface area contributed by atoms with E-state index in [9.17, 15) is 4.79 Å². The zero-order valence-electron chi connectivity index (χ0n) is 9.68. The molecule has 0 radical (unpaired) electrons. The van der Waals surface area contributed by atoms with Crippen LogP contribution < -0.4 is 10.6 Å². The minimum Gasteiger partial charge on any atom is -0.379 e. The lowest BCUT2D eigenvalue weighted by Gasteiger charge is -2.15. The SMILES string of the molecule is CNC1COCC1C(=O)NCCc1ncno1. The Labute approximate surface area is 98.9 Å². The first-order valence-corrected chi connectivity index (χ1v) is 5.59. The van der Waals surface area contributed by atoms with E-state index in [0.29, 0.717) is 32.1 Å². The Balaban J connectivity index is 1.73. The van der Waals surface area contributed by atoms with Crippen molar-refractivity contribution in [1.29, 1.82) is 0 Å². The van der Waals surface area contributed by atoms with E-state index in [2.05, 4.69) is 20.8 Å². The number of nitrogens with one attached hydrogen (secondary N) is 2. The summed E-state index contributed by atoms with van der Waals surface area (Å²) in [4.78, 5) is 15.7. The molecule has 7 nitrogen and oxygen atoms in total. The van der Waals surface area contributed by atoms with E-state index in [-0.39, 0.29) is 17.9 Å².